The number of hydrogen-bond donors (Lipinski definition) is 1. The van der Waals surface area contributed by atoms with Gasteiger partial charge in [-0.2, -0.15) is 0 Å². The van der Waals surface area contributed by atoms with Crippen molar-refractivity contribution in [2.75, 3.05) is 6.26 Å². The summed E-state index contributed by atoms with van der Waals surface area (Å²) < 4.78 is 32.5. The minimum atomic E-state index is -1.84. The van der Waals surface area contributed by atoms with Crippen LogP contribution in [0, 0.1) is 34.6 Å². The molecule has 0 radical (unpaired) electrons. The zero-order valence-electron chi connectivity index (χ0n) is 36.9. The summed E-state index contributed by atoms with van der Waals surface area (Å²) in [7, 11) is -2.05. The Balaban J connectivity index is 0.000000583. The minimum absolute atomic E-state index is 0.215. The van der Waals surface area contributed by atoms with Crippen molar-refractivity contribution in [1.29, 1.82) is 0 Å². The van der Waals surface area contributed by atoms with Gasteiger partial charge in [-0.3, -0.25) is 4.52 Å². The summed E-state index contributed by atoms with van der Waals surface area (Å²) in [6.45, 7) is 27.7. The average molecular weight is 843 g/mol. The van der Waals surface area contributed by atoms with E-state index in [2.05, 4.69) is 156 Å². The lowest BCUT2D eigenvalue weighted by Crippen LogP contribution is -2.06. The normalized spacial score (nSPS) is 11.6. The number of phenols is 1. The summed E-state index contributed by atoms with van der Waals surface area (Å²) in [4.78, 5) is 1.13. The fraction of sp³-hybridized carbons (Fsp3) is 0.388. The Kier molecular flexibility index (Phi) is 17.8. The molecule has 1 unspecified atom stereocenters. The van der Waals surface area contributed by atoms with Gasteiger partial charge >= 0.3 is 8.60 Å². The molecular formula is C49H64O6P2S. The van der Waals surface area contributed by atoms with Crippen LogP contribution in [0.2, 0.25) is 0 Å². The number of aryl methyl sites for hydroxylation is 5. The van der Waals surface area contributed by atoms with Crippen molar-refractivity contribution < 1.29 is 27.7 Å². The first-order valence-corrected chi connectivity index (χ1v) is 23.3. The molecule has 0 amide bonds. The van der Waals surface area contributed by atoms with Crippen LogP contribution in [0.1, 0.15) is 135 Å². The molecule has 5 rings (SSSR count). The molecule has 0 bridgehead atoms. The van der Waals surface area contributed by atoms with Gasteiger partial charge in [-0.25, -0.2) is 0 Å². The van der Waals surface area contributed by atoms with Gasteiger partial charge in [0.05, 0.1) is 6.61 Å². The van der Waals surface area contributed by atoms with Crippen LogP contribution in [-0.2, 0) is 11.1 Å². The van der Waals surface area contributed by atoms with Crippen molar-refractivity contribution >= 4 is 29.4 Å². The number of thioether (sulfide) groups is 1. The lowest BCUT2D eigenvalue weighted by molar-refractivity contribution is 0.252. The summed E-state index contributed by atoms with van der Waals surface area (Å²) in [5.74, 6) is 4.89. The third kappa shape index (κ3) is 13.4. The van der Waals surface area contributed by atoms with Gasteiger partial charge in [0.1, 0.15) is 28.7 Å². The fourth-order valence-electron chi connectivity index (χ4n) is 6.39. The maximum absolute atomic E-state index is 9.46. The molecule has 0 aliphatic heterocycles. The predicted molar refractivity (Wildman–Crippen MR) is 248 cm³/mol. The highest BCUT2D eigenvalue weighted by molar-refractivity contribution is 7.98. The van der Waals surface area contributed by atoms with Crippen LogP contribution < -0.4 is 18.1 Å². The molecule has 9 heteroatoms. The first-order valence-electron chi connectivity index (χ1n) is 20.1. The lowest BCUT2D eigenvalue weighted by Gasteiger charge is -2.23. The number of phenolic OH excluding ortho intramolecular Hbond substituents is 1. The maximum atomic E-state index is 9.46. The van der Waals surface area contributed by atoms with E-state index in [9.17, 15) is 5.11 Å². The van der Waals surface area contributed by atoms with Gasteiger partial charge in [-0.05, 0) is 151 Å². The first kappa shape index (κ1) is 47.0. The molecule has 0 saturated carbocycles. The Hall–Kier alpha value is -3.73. The van der Waals surface area contributed by atoms with Gasteiger partial charge in [-0.15, -0.1) is 11.8 Å². The Bertz CT molecular complexity index is 2050. The second kappa shape index (κ2) is 22.0. The predicted octanol–water partition coefficient (Wildman–Crippen LogP) is 15.7. The Morgan fingerprint density at radius 3 is 1.43 bits per heavy atom. The van der Waals surface area contributed by atoms with Crippen molar-refractivity contribution in [2.24, 2.45) is 0 Å². The number of aromatic hydroxyl groups is 1. The summed E-state index contributed by atoms with van der Waals surface area (Å²) in [6, 6.07) is 29.0. The zero-order chi connectivity index (χ0) is 42.7. The van der Waals surface area contributed by atoms with Crippen molar-refractivity contribution in [1.82, 2.24) is 0 Å². The molecule has 5 aromatic carbocycles. The van der Waals surface area contributed by atoms with Crippen molar-refractivity contribution in [3.63, 3.8) is 0 Å². The van der Waals surface area contributed by atoms with Crippen LogP contribution in [0.25, 0.3) is 0 Å². The molecule has 58 heavy (non-hydrogen) atoms. The van der Waals surface area contributed by atoms with E-state index in [-0.39, 0.29) is 27.5 Å². The molecule has 5 aromatic rings. The Morgan fingerprint density at radius 1 is 0.552 bits per heavy atom. The Morgan fingerprint density at radius 2 is 0.983 bits per heavy atom. The third-order valence-electron chi connectivity index (χ3n) is 9.71. The lowest BCUT2D eigenvalue weighted by atomic mass is 10.0. The molecule has 0 aliphatic carbocycles. The average Bonchev–Trinajstić information content (AvgIpc) is 3.14. The quantitative estimate of drug-likeness (QED) is 0.0784. The van der Waals surface area contributed by atoms with Crippen LogP contribution in [0.4, 0.5) is 0 Å². The van der Waals surface area contributed by atoms with E-state index < -0.39 is 8.60 Å². The summed E-state index contributed by atoms with van der Waals surface area (Å²) in [5, 5.41) is 9.46. The number of rotatable bonds is 16. The fourth-order valence-corrected chi connectivity index (χ4v) is 8.65. The summed E-state index contributed by atoms with van der Waals surface area (Å²) >= 11 is 1.69. The highest BCUT2D eigenvalue weighted by atomic mass is 32.2. The topological polar surface area (TPSA) is 66.4 Å². The monoisotopic (exact) mass is 842 g/mol. The molecule has 0 fully saturated rings. The molecule has 312 valence electrons. The molecule has 0 aromatic heterocycles. The number of benzene rings is 5. The van der Waals surface area contributed by atoms with Gasteiger partial charge in [-0.1, -0.05) is 104 Å². The number of hydrogen-bond acceptors (Lipinski definition) is 7. The molecule has 1 atom stereocenters. The van der Waals surface area contributed by atoms with E-state index in [1.807, 2.05) is 19.1 Å². The second-order valence-electron chi connectivity index (χ2n) is 16.2. The second-order valence-corrected chi connectivity index (χ2v) is 18.7. The Labute approximate surface area is 356 Å². The van der Waals surface area contributed by atoms with Gasteiger partial charge in [0.2, 0.25) is 0 Å². The van der Waals surface area contributed by atoms with Crippen LogP contribution >= 0.6 is 29.4 Å². The molecule has 1 N–H and O–H groups in total. The third-order valence-corrected chi connectivity index (χ3v) is 12.0. The van der Waals surface area contributed by atoms with Crippen LogP contribution in [0.3, 0.4) is 0 Å². The smallest absolute Gasteiger partial charge is 0.463 e. The van der Waals surface area contributed by atoms with Crippen LogP contribution in [0.15, 0.2) is 89.8 Å². The highest BCUT2D eigenvalue weighted by Gasteiger charge is 2.24. The van der Waals surface area contributed by atoms with Crippen molar-refractivity contribution in [3.05, 3.63) is 141 Å². The maximum Gasteiger partial charge on any atom is 0.463 e. The molecule has 6 nitrogen and oxygen atoms in total. The molecule has 0 aliphatic rings. The van der Waals surface area contributed by atoms with E-state index >= 15 is 0 Å². The van der Waals surface area contributed by atoms with Gasteiger partial charge in [0.15, 0.2) is 0 Å². The van der Waals surface area contributed by atoms with E-state index in [4.69, 9.17) is 22.6 Å². The minimum Gasteiger partial charge on any atom is -0.508 e. The van der Waals surface area contributed by atoms with E-state index in [1.54, 1.807) is 17.8 Å². The molecule has 0 spiro atoms. The summed E-state index contributed by atoms with van der Waals surface area (Å²) in [6.07, 6.45) is 2.07. The van der Waals surface area contributed by atoms with Gasteiger partial charge in [0, 0.05) is 10.5 Å². The molecular weight excluding hydrogens is 779 g/mol. The van der Waals surface area contributed by atoms with Crippen molar-refractivity contribution in [2.45, 2.75) is 125 Å². The molecule has 0 heterocycles. The van der Waals surface area contributed by atoms with Crippen LogP contribution in [-0.4, -0.2) is 11.4 Å². The summed E-state index contributed by atoms with van der Waals surface area (Å²) in [5.41, 5.74) is 10.8. The zero-order valence-corrected chi connectivity index (χ0v) is 39.7. The van der Waals surface area contributed by atoms with Gasteiger partial charge in [0.25, 0.3) is 9.03 Å². The van der Waals surface area contributed by atoms with Gasteiger partial charge < -0.3 is 23.2 Å². The largest absolute Gasteiger partial charge is 0.508 e. The SMILES string of the molecule is CSc1cc(C)c(OPOc2cc(C)ccc2C(C)C)c(COP(Oc2cc(C)ccc2C(C)C)Oc2cc(C)ccc2C(C)C)c1.Cc1ccc(C(C)C)c(O)c1. The molecule has 0 saturated heterocycles. The van der Waals surface area contributed by atoms with E-state index in [1.165, 1.54) is 5.56 Å². The van der Waals surface area contributed by atoms with Crippen LogP contribution in [0.5, 0.6) is 28.7 Å². The van der Waals surface area contributed by atoms with Crippen molar-refractivity contribution in [3.8, 4) is 28.7 Å². The standard InChI is InChI=1S/C39H50O5P2S.C10H14O/c1-24(2)33-15-12-27(7)18-36(33)41-45-42-39-30(10)21-32(47-11)22-31(39)23-40-46(43-37-19-28(8)13-16-34(37)25(3)4)44-38-20-29(9)14-17-35(38)26(5)6;1-7(2)9-5-4-8(3)6-10(9)11/h12-22,24-26,45H,23H2,1-11H3;4-7,11H,1-3H3. The van der Waals surface area contributed by atoms with E-state index in [0.29, 0.717) is 17.6 Å². The van der Waals surface area contributed by atoms with E-state index in [0.717, 1.165) is 78.0 Å². The highest BCUT2D eigenvalue weighted by Crippen LogP contribution is 2.48. The first-order chi connectivity index (χ1) is 27.5.